The summed E-state index contributed by atoms with van der Waals surface area (Å²) in [6, 6.07) is 0. The third-order valence-electron chi connectivity index (χ3n) is 3.15. The van der Waals surface area contributed by atoms with Crippen molar-refractivity contribution in [1.82, 2.24) is 5.32 Å². The average molecular weight is 165 g/mol. The summed E-state index contributed by atoms with van der Waals surface area (Å²) in [5, 5.41) is 3.45. The van der Waals surface area contributed by atoms with Gasteiger partial charge in [-0.15, -0.1) is 0 Å². The fourth-order valence-electron chi connectivity index (χ4n) is 2.62. The van der Waals surface area contributed by atoms with Gasteiger partial charge in [0.15, 0.2) is 0 Å². The molecule has 0 aromatic carbocycles. The molecule has 1 heterocycles. The smallest absolute Gasteiger partial charge is 0.0173 e. The van der Waals surface area contributed by atoms with Crippen LogP contribution in [0.2, 0.25) is 0 Å². The summed E-state index contributed by atoms with van der Waals surface area (Å²) in [6.07, 6.45) is 4.21. The zero-order valence-corrected chi connectivity index (χ0v) is 8.19. The van der Waals surface area contributed by atoms with Crippen molar-refractivity contribution in [2.24, 2.45) is 11.8 Å². The molecule has 0 saturated heterocycles. The van der Waals surface area contributed by atoms with Gasteiger partial charge in [-0.05, 0) is 31.1 Å². The summed E-state index contributed by atoms with van der Waals surface area (Å²) in [5.74, 6) is 1.79. The first-order chi connectivity index (χ1) is 5.77. The SMILES string of the molecule is CC(C)CC1CCC2=C1CNC2. The first-order valence-corrected chi connectivity index (χ1v) is 5.19. The highest BCUT2D eigenvalue weighted by Gasteiger charge is 2.28. The van der Waals surface area contributed by atoms with E-state index in [1.165, 1.54) is 32.4 Å². The van der Waals surface area contributed by atoms with Crippen molar-refractivity contribution in [2.75, 3.05) is 13.1 Å². The second-order valence-corrected chi connectivity index (χ2v) is 4.60. The van der Waals surface area contributed by atoms with Gasteiger partial charge in [0.2, 0.25) is 0 Å². The third-order valence-corrected chi connectivity index (χ3v) is 3.15. The van der Waals surface area contributed by atoms with Crippen LogP contribution in [-0.4, -0.2) is 13.1 Å². The maximum atomic E-state index is 3.45. The minimum Gasteiger partial charge on any atom is -0.309 e. The summed E-state index contributed by atoms with van der Waals surface area (Å²) in [6.45, 7) is 7.04. The summed E-state index contributed by atoms with van der Waals surface area (Å²) < 4.78 is 0. The Balaban J connectivity index is 2.00. The number of hydrogen-bond donors (Lipinski definition) is 1. The first kappa shape index (κ1) is 8.31. The lowest BCUT2D eigenvalue weighted by atomic mass is 9.91. The fourth-order valence-corrected chi connectivity index (χ4v) is 2.62. The number of hydrogen-bond acceptors (Lipinski definition) is 1. The molecule has 1 aliphatic carbocycles. The maximum absolute atomic E-state index is 3.45. The van der Waals surface area contributed by atoms with Crippen molar-refractivity contribution < 1.29 is 0 Å². The minimum atomic E-state index is 0.863. The fraction of sp³-hybridized carbons (Fsp3) is 0.818. The van der Waals surface area contributed by atoms with E-state index < -0.39 is 0 Å². The number of nitrogens with one attached hydrogen (secondary N) is 1. The Hall–Kier alpha value is -0.300. The predicted octanol–water partition coefficient (Wildman–Crippen LogP) is 2.34. The zero-order valence-electron chi connectivity index (χ0n) is 8.19. The lowest BCUT2D eigenvalue weighted by Gasteiger charge is -2.15. The van der Waals surface area contributed by atoms with Crippen LogP contribution >= 0.6 is 0 Å². The van der Waals surface area contributed by atoms with Gasteiger partial charge in [0.25, 0.3) is 0 Å². The maximum Gasteiger partial charge on any atom is 0.0173 e. The molecule has 1 atom stereocenters. The van der Waals surface area contributed by atoms with E-state index in [4.69, 9.17) is 0 Å². The van der Waals surface area contributed by atoms with E-state index >= 15 is 0 Å². The second kappa shape index (κ2) is 3.21. The van der Waals surface area contributed by atoms with Crippen molar-refractivity contribution in [3.05, 3.63) is 11.1 Å². The summed E-state index contributed by atoms with van der Waals surface area (Å²) >= 11 is 0. The van der Waals surface area contributed by atoms with Gasteiger partial charge in [0.05, 0.1) is 0 Å². The second-order valence-electron chi connectivity index (χ2n) is 4.60. The van der Waals surface area contributed by atoms with Crippen molar-refractivity contribution in [2.45, 2.75) is 33.1 Å². The van der Waals surface area contributed by atoms with Crippen LogP contribution in [0.3, 0.4) is 0 Å². The number of rotatable bonds is 2. The highest BCUT2D eigenvalue weighted by atomic mass is 14.9. The topological polar surface area (TPSA) is 12.0 Å². The Morgan fingerprint density at radius 2 is 2.25 bits per heavy atom. The molecular formula is C11H19N. The molecule has 0 aromatic rings. The highest BCUT2D eigenvalue weighted by Crippen LogP contribution is 2.37. The molecule has 0 spiro atoms. The van der Waals surface area contributed by atoms with E-state index in [1.807, 2.05) is 0 Å². The van der Waals surface area contributed by atoms with Gasteiger partial charge >= 0.3 is 0 Å². The molecule has 1 heteroatoms. The highest BCUT2D eigenvalue weighted by molar-refractivity contribution is 5.29. The zero-order chi connectivity index (χ0) is 8.55. The van der Waals surface area contributed by atoms with Gasteiger partial charge in [-0.3, -0.25) is 0 Å². The van der Waals surface area contributed by atoms with Gasteiger partial charge in [0.1, 0.15) is 0 Å². The molecule has 2 rings (SSSR count). The van der Waals surface area contributed by atoms with E-state index in [2.05, 4.69) is 19.2 Å². The van der Waals surface area contributed by atoms with Crippen LogP contribution in [0.15, 0.2) is 11.1 Å². The molecule has 0 bridgehead atoms. The van der Waals surface area contributed by atoms with Crippen molar-refractivity contribution in [3.8, 4) is 0 Å². The molecule has 2 aliphatic rings. The Kier molecular flexibility index (Phi) is 2.22. The monoisotopic (exact) mass is 165 g/mol. The predicted molar refractivity (Wildman–Crippen MR) is 52.1 cm³/mol. The van der Waals surface area contributed by atoms with E-state index in [0.29, 0.717) is 0 Å². The first-order valence-electron chi connectivity index (χ1n) is 5.19. The van der Waals surface area contributed by atoms with Crippen LogP contribution in [0.5, 0.6) is 0 Å². The van der Waals surface area contributed by atoms with Gasteiger partial charge in [-0.2, -0.15) is 0 Å². The standard InChI is InChI=1S/C11H19N/c1-8(2)5-9-3-4-10-6-12-7-11(9)10/h8-9,12H,3-7H2,1-2H3. The Labute approximate surface area is 75.2 Å². The third kappa shape index (κ3) is 1.42. The molecule has 1 aliphatic heterocycles. The molecule has 1 nitrogen and oxygen atoms in total. The quantitative estimate of drug-likeness (QED) is 0.619. The molecule has 12 heavy (non-hydrogen) atoms. The van der Waals surface area contributed by atoms with E-state index in [9.17, 15) is 0 Å². The average Bonchev–Trinajstić information content (AvgIpc) is 2.52. The summed E-state index contributed by atoms with van der Waals surface area (Å²) in [5.41, 5.74) is 3.50. The van der Waals surface area contributed by atoms with Crippen LogP contribution in [0.4, 0.5) is 0 Å². The largest absolute Gasteiger partial charge is 0.309 e. The molecule has 68 valence electrons. The Bertz CT molecular complexity index is 203. The van der Waals surface area contributed by atoms with Crippen LogP contribution in [-0.2, 0) is 0 Å². The van der Waals surface area contributed by atoms with Crippen molar-refractivity contribution in [3.63, 3.8) is 0 Å². The van der Waals surface area contributed by atoms with Crippen LogP contribution in [0.1, 0.15) is 33.1 Å². The van der Waals surface area contributed by atoms with Crippen molar-refractivity contribution >= 4 is 0 Å². The summed E-state index contributed by atoms with van der Waals surface area (Å²) in [7, 11) is 0. The lowest BCUT2D eigenvalue weighted by molar-refractivity contribution is 0.446. The molecule has 1 unspecified atom stereocenters. The Morgan fingerprint density at radius 3 is 3.00 bits per heavy atom. The molecule has 0 radical (unpaired) electrons. The molecule has 0 amide bonds. The summed E-state index contributed by atoms with van der Waals surface area (Å²) in [4.78, 5) is 0. The van der Waals surface area contributed by atoms with Crippen molar-refractivity contribution in [1.29, 1.82) is 0 Å². The van der Waals surface area contributed by atoms with E-state index in [1.54, 1.807) is 11.1 Å². The molecular weight excluding hydrogens is 146 g/mol. The van der Waals surface area contributed by atoms with Gasteiger partial charge in [0, 0.05) is 13.1 Å². The Morgan fingerprint density at radius 1 is 1.42 bits per heavy atom. The molecule has 0 saturated carbocycles. The van der Waals surface area contributed by atoms with Crippen LogP contribution in [0, 0.1) is 11.8 Å². The molecule has 1 N–H and O–H groups in total. The van der Waals surface area contributed by atoms with Gasteiger partial charge < -0.3 is 5.32 Å². The lowest BCUT2D eigenvalue weighted by Crippen LogP contribution is -2.14. The van der Waals surface area contributed by atoms with E-state index in [0.717, 1.165) is 11.8 Å². The van der Waals surface area contributed by atoms with Gasteiger partial charge in [-0.25, -0.2) is 0 Å². The normalized spacial score (nSPS) is 28.8. The van der Waals surface area contributed by atoms with E-state index in [-0.39, 0.29) is 0 Å². The van der Waals surface area contributed by atoms with Gasteiger partial charge in [-0.1, -0.05) is 25.0 Å². The van der Waals surface area contributed by atoms with Crippen LogP contribution < -0.4 is 5.32 Å². The molecule has 0 aromatic heterocycles. The molecule has 0 fully saturated rings. The minimum absolute atomic E-state index is 0.863. The van der Waals surface area contributed by atoms with Crippen LogP contribution in [0.25, 0.3) is 0 Å².